The highest BCUT2D eigenvalue weighted by molar-refractivity contribution is 5.10. The molecule has 0 saturated carbocycles. The summed E-state index contributed by atoms with van der Waals surface area (Å²) in [5.41, 5.74) is 2.19. The van der Waals surface area contributed by atoms with E-state index in [-0.39, 0.29) is 0 Å². The average molecular weight is 235 g/mol. The van der Waals surface area contributed by atoms with Crippen molar-refractivity contribution in [3.8, 4) is 0 Å². The lowest BCUT2D eigenvalue weighted by Gasteiger charge is -2.08. The molecule has 1 heterocycles. The van der Waals surface area contributed by atoms with E-state index in [1.165, 1.54) is 12.8 Å². The minimum atomic E-state index is 0.678. The third-order valence-corrected chi connectivity index (χ3v) is 2.57. The second-order valence-corrected chi connectivity index (χ2v) is 5.05. The first-order chi connectivity index (χ1) is 8.11. The Balaban J connectivity index is 2.55. The Morgan fingerprint density at radius 1 is 1.29 bits per heavy atom. The Morgan fingerprint density at radius 3 is 2.71 bits per heavy atom. The second kappa shape index (κ2) is 7.38. The zero-order valence-electron chi connectivity index (χ0n) is 11.6. The van der Waals surface area contributed by atoms with Gasteiger partial charge in [0.1, 0.15) is 5.82 Å². The lowest BCUT2D eigenvalue weighted by atomic mass is 10.2. The van der Waals surface area contributed by atoms with Crippen molar-refractivity contribution in [1.29, 1.82) is 0 Å². The van der Waals surface area contributed by atoms with E-state index in [1.54, 1.807) is 0 Å². The summed E-state index contributed by atoms with van der Waals surface area (Å²) in [6.45, 7) is 10.5. The molecule has 0 bridgehead atoms. The van der Waals surface area contributed by atoms with E-state index < -0.39 is 0 Å². The highest BCUT2D eigenvalue weighted by atomic mass is 14.9. The first kappa shape index (κ1) is 14.1. The molecular weight excluding hydrogens is 210 g/mol. The third-order valence-electron chi connectivity index (χ3n) is 2.57. The van der Waals surface area contributed by atoms with Gasteiger partial charge in [-0.1, -0.05) is 27.2 Å². The highest BCUT2D eigenvalue weighted by Gasteiger charge is 2.02. The SMILES string of the molecule is CCCCc1nc(C)cc(CNCC(C)C)n1. The Labute approximate surface area is 105 Å². The molecule has 1 aromatic heterocycles. The summed E-state index contributed by atoms with van der Waals surface area (Å²) in [5, 5.41) is 3.42. The van der Waals surface area contributed by atoms with Crippen LogP contribution in [0.2, 0.25) is 0 Å². The molecule has 0 saturated heterocycles. The van der Waals surface area contributed by atoms with Crippen molar-refractivity contribution in [1.82, 2.24) is 15.3 Å². The van der Waals surface area contributed by atoms with Crippen molar-refractivity contribution in [2.45, 2.75) is 53.5 Å². The van der Waals surface area contributed by atoms with Crippen LogP contribution in [0.1, 0.15) is 50.8 Å². The molecular formula is C14H25N3. The maximum absolute atomic E-state index is 4.59. The number of nitrogens with zero attached hydrogens (tertiary/aromatic N) is 2. The monoisotopic (exact) mass is 235 g/mol. The number of rotatable bonds is 7. The zero-order chi connectivity index (χ0) is 12.7. The number of nitrogens with one attached hydrogen (secondary N) is 1. The van der Waals surface area contributed by atoms with Gasteiger partial charge in [-0.2, -0.15) is 0 Å². The van der Waals surface area contributed by atoms with Gasteiger partial charge in [0.15, 0.2) is 0 Å². The predicted molar refractivity (Wildman–Crippen MR) is 71.9 cm³/mol. The Bertz CT molecular complexity index is 334. The molecule has 0 unspecified atom stereocenters. The van der Waals surface area contributed by atoms with Crippen LogP contribution in [0.15, 0.2) is 6.07 Å². The maximum Gasteiger partial charge on any atom is 0.128 e. The van der Waals surface area contributed by atoms with Crippen LogP contribution in [0.5, 0.6) is 0 Å². The molecule has 0 fully saturated rings. The quantitative estimate of drug-likeness (QED) is 0.789. The Hall–Kier alpha value is -0.960. The third kappa shape index (κ3) is 5.78. The molecule has 0 aliphatic heterocycles. The minimum absolute atomic E-state index is 0.678. The molecule has 0 aliphatic rings. The lowest BCUT2D eigenvalue weighted by molar-refractivity contribution is 0.546. The molecule has 0 atom stereocenters. The molecule has 0 aliphatic carbocycles. The molecule has 3 heteroatoms. The lowest BCUT2D eigenvalue weighted by Crippen LogP contribution is -2.20. The average Bonchev–Trinajstić information content (AvgIpc) is 2.25. The van der Waals surface area contributed by atoms with Crippen LogP contribution in [0.25, 0.3) is 0 Å². The van der Waals surface area contributed by atoms with E-state index in [2.05, 4.69) is 42.1 Å². The van der Waals surface area contributed by atoms with Crippen molar-refractivity contribution in [2.24, 2.45) is 5.92 Å². The van der Waals surface area contributed by atoms with Crippen LogP contribution < -0.4 is 5.32 Å². The van der Waals surface area contributed by atoms with Gasteiger partial charge in [0.25, 0.3) is 0 Å². The first-order valence-electron chi connectivity index (χ1n) is 6.66. The van der Waals surface area contributed by atoms with Crippen molar-refractivity contribution in [2.75, 3.05) is 6.54 Å². The number of hydrogen-bond donors (Lipinski definition) is 1. The van der Waals surface area contributed by atoms with Crippen molar-refractivity contribution in [3.63, 3.8) is 0 Å². The van der Waals surface area contributed by atoms with Gasteiger partial charge in [-0.3, -0.25) is 0 Å². The molecule has 3 nitrogen and oxygen atoms in total. The molecule has 0 radical (unpaired) electrons. The summed E-state index contributed by atoms with van der Waals surface area (Å²) in [7, 11) is 0. The van der Waals surface area contributed by atoms with Gasteiger partial charge in [0, 0.05) is 18.7 Å². The van der Waals surface area contributed by atoms with E-state index in [1.807, 2.05) is 6.92 Å². The van der Waals surface area contributed by atoms with Crippen LogP contribution in [-0.4, -0.2) is 16.5 Å². The van der Waals surface area contributed by atoms with Crippen LogP contribution in [0, 0.1) is 12.8 Å². The summed E-state index contributed by atoms with van der Waals surface area (Å²) >= 11 is 0. The van der Waals surface area contributed by atoms with Gasteiger partial charge < -0.3 is 5.32 Å². The maximum atomic E-state index is 4.59. The van der Waals surface area contributed by atoms with Crippen molar-refractivity contribution in [3.05, 3.63) is 23.3 Å². The molecule has 96 valence electrons. The summed E-state index contributed by atoms with van der Waals surface area (Å²) in [6.07, 6.45) is 3.36. The number of hydrogen-bond acceptors (Lipinski definition) is 3. The topological polar surface area (TPSA) is 37.8 Å². The molecule has 0 aromatic carbocycles. The highest BCUT2D eigenvalue weighted by Crippen LogP contribution is 2.04. The van der Waals surface area contributed by atoms with Crippen LogP contribution >= 0.6 is 0 Å². The molecule has 1 N–H and O–H groups in total. The predicted octanol–water partition coefficient (Wildman–Crippen LogP) is 2.87. The standard InChI is InChI=1S/C14H25N3/c1-5-6-7-14-16-12(4)8-13(17-14)10-15-9-11(2)3/h8,11,15H,5-7,9-10H2,1-4H3. The fourth-order valence-corrected chi connectivity index (χ4v) is 1.73. The van der Waals surface area contributed by atoms with Gasteiger partial charge >= 0.3 is 0 Å². The van der Waals surface area contributed by atoms with E-state index in [4.69, 9.17) is 0 Å². The summed E-state index contributed by atoms with van der Waals surface area (Å²) in [5.74, 6) is 1.67. The van der Waals surface area contributed by atoms with Gasteiger partial charge in [-0.15, -0.1) is 0 Å². The van der Waals surface area contributed by atoms with Crippen LogP contribution in [0.3, 0.4) is 0 Å². The number of aromatic nitrogens is 2. The van der Waals surface area contributed by atoms with Gasteiger partial charge in [-0.25, -0.2) is 9.97 Å². The molecule has 1 rings (SSSR count). The van der Waals surface area contributed by atoms with Gasteiger partial charge in [0.05, 0.1) is 5.69 Å². The summed E-state index contributed by atoms with van der Waals surface area (Å²) in [6, 6.07) is 2.07. The van der Waals surface area contributed by atoms with Crippen molar-refractivity contribution >= 4 is 0 Å². The largest absolute Gasteiger partial charge is 0.311 e. The minimum Gasteiger partial charge on any atom is -0.311 e. The van der Waals surface area contributed by atoms with Gasteiger partial charge in [-0.05, 0) is 31.9 Å². The summed E-state index contributed by atoms with van der Waals surface area (Å²) in [4.78, 5) is 9.07. The Kier molecular flexibility index (Phi) is 6.12. The van der Waals surface area contributed by atoms with Crippen molar-refractivity contribution < 1.29 is 0 Å². The smallest absolute Gasteiger partial charge is 0.128 e. The molecule has 17 heavy (non-hydrogen) atoms. The Morgan fingerprint density at radius 2 is 2.06 bits per heavy atom. The normalized spacial score (nSPS) is 11.1. The van der Waals surface area contributed by atoms with E-state index in [0.717, 1.165) is 36.7 Å². The number of unbranched alkanes of at least 4 members (excludes halogenated alkanes) is 1. The van der Waals surface area contributed by atoms with E-state index >= 15 is 0 Å². The first-order valence-corrected chi connectivity index (χ1v) is 6.66. The zero-order valence-corrected chi connectivity index (χ0v) is 11.6. The van der Waals surface area contributed by atoms with E-state index in [9.17, 15) is 0 Å². The van der Waals surface area contributed by atoms with E-state index in [0.29, 0.717) is 5.92 Å². The number of aryl methyl sites for hydroxylation is 2. The molecule has 0 amide bonds. The second-order valence-electron chi connectivity index (χ2n) is 5.05. The fourth-order valence-electron chi connectivity index (χ4n) is 1.73. The molecule has 1 aromatic rings. The summed E-state index contributed by atoms with van der Waals surface area (Å²) < 4.78 is 0. The van der Waals surface area contributed by atoms with Crippen LogP contribution in [0.4, 0.5) is 0 Å². The van der Waals surface area contributed by atoms with Crippen LogP contribution in [-0.2, 0) is 13.0 Å². The van der Waals surface area contributed by atoms with Gasteiger partial charge in [0.2, 0.25) is 0 Å². The molecule has 0 spiro atoms. The fraction of sp³-hybridized carbons (Fsp3) is 0.714.